The van der Waals surface area contributed by atoms with Gasteiger partial charge >= 0.3 is 0 Å². The molecule has 1 rings (SSSR count). The third-order valence-corrected chi connectivity index (χ3v) is 3.36. The molecule has 0 aromatic heterocycles. The van der Waals surface area contributed by atoms with Gasteiger partial charge in [0.1, 0.15) is 0 Å². The van der Waals surface area contributed by atoms with Crippen molar-refractivity contribution in [3.63, 3.8) is 0 Å². The molecule has 84 valence electrons. The Balaban J connectivity index is 2.50. The Morgan fingerprint density at radius 1 is 1.13 bits per heavy atom. The molecule has 0 saturated carbocycles. The lowest BCUT2D eigenvalue weighted by atomic mass is 10.00. The van der Waals surface area contributed by atoms with Gasteiger partial charge < -0.3 is 0 Å². The predicted molar refractivity (Wildman–Crippen MR) is 68.8 cm³/mol. The van der Waals surface area contributed by atoms with E-state index in [2.05, 4.69) is 45.0 Å². The van der Waals surface area contributed by atoms with Crippen LogP contribution in [-0.4, -0.2) is 5.38 Å². The third-order valence-electron chi connectivity index (χ3n) is 2.84. The Morgan fingerprint density at radius 3 is 2.20 bits per heavy atom. The van der Waals surface area contributed by atoms with Crippen LogP contribution < -0.4 is 0 Å². The van der Waals surface area contributed by atoms with Crippen LogP contribution in [-0.2, 0) is 6.42 Å². The van der Waals surface area contributed by atoms with E-state index in [0.717, 1.165) is 19.3 Å². The largest absolute Gasteiger partial charge is 0.123 e. The molecular weight excluding hydrogens is 204 g/mol. The Hall–Kier alpha value is -0.490. The van der Waals surface area contributed by atoms with Gasteiger partial charge in [-0.2, -0.15) is 0 Å². The Bertz CT molecular complexity index is 274. The lowest BCUT2D eigenvalue weighted by Gasteiger charge is -2.08. The summed E-state index contributed by atoms with van der Waals surface area (Å²) in [5.74, 6) is 0.621. The molecule has 0 aliphatic carbocycles. The molecular formula is C14H21Cl. The van der Waals surface area contributed by atoms with Crippen LogP contribution in [0, 0.1) is 0 Å². The topological polar surface area (TPSA) is 0 Å². The molecule has 0 spiro atoms. The lowest BCUT2D eigenvalue weighted by molar-refractivity contribution is 0.726. The summed E-state index contributed by atoms with van der Waals surface area (Å²) in [6, 6.07) is 8.92. The molecule has 0 aliphatic heterocycles. The molecule has 1 heteroatoms. The van der Waals surface area contributed by atoms with E-state index < -0.39 is 0 Å². The fourth-order valence-corrected chi connectivity index (χ4v) is 1.71. The van der Waals surface area contributed by atoms with Gasteiger partial charge in [0.15, 0.2) is 0 Å². The molecule has 1 unspecified atom stereocenters. The Labute approximate surface area is 98.7 Å². The summed E-state index contributed by atoms with van der Waals surface area (Å²) < 4.78 is 0. The average molecular weight is 225 g/mol. The van der Waals surface area contributed by atoms with Gasteiger partial charge in [-0.15, -0.1) is 11.6 Å². The summed E-state index contributed by atoms with van der Waals surface area (Å²) in [7, 11) is 0. The second-order valence-corrected chi connectivity index (χ2v) is 5.06. The molecule has 0 radical (unpaired) electrons. The molecule has 0 heterocycles. The summed E-state index contributed by atoms with van der Waals surface area (Å²) in [6.07, 6.45) is 3.24. The fraction of sp³-hybridized carbons (Fsp3) is 0.571. The number of halogens is 1. The molecule has 0 nitrogen and oxygen atoms in total. The maximum atomic E-state index is 6.10. The SMILES string of the molecule is CCC(Cl)CCc1ccc(C(C)C)cc1. The van der Waals surface area contributed by atoms with Crippen molar-refractivity contribution in [2.75, 3.05) is 0 Å². The number of hydrogen-bond donors (Lipinski definition) is 0. The van der Waals surface area contributed by atoms with Crippen LogP contribution in [0.25, 0.3) is 0 Å². The lowest BCUT2D eigenvalue weighted by Crippen LogP contribution is -1.98. The maximum Gasteiger partial charge on any atom is 0.0336 e. The number of aryl methyl sites for hydroxylation is 1. The molecule has 0 bridgehead atoms. The molecule has 0 amide bonds. The Kier molecular flexibility index (Phi) is 5.17. The van der Waals surface area contributed by atoms with Crippen LogP contribution in [0.5, 0.6) is 0 Å². The van der Waals surface area contributed by atoms with E-state index in [9.17, 15) is 0 Å². The molecule has 0 N–H and O–H groups in total. The first-order valence-corrected chi connectivity index (χ1v) is 6.30. The van der Waals surface area contributed by atoms with E-state index >= 15 is 0 Å². The van der Waals surface area contributed by atoms with Crippen molar-refractivity contribution in [2.45, 2.75) is 51.3 Å². The highest BCUT2D eigenvalue weighted by molar-refractivity contribution is 6.20. The highest BCUT2D eigenvalue weighted by atomic mass is 35.5. The van der Waals surface area contributed by atoms with Gasteiger partial charge in [0.05, 0.1) is 0 Å². The maximum absolute atomic E-state index is 6.10. The van der Waals surface area contributed by atoms with Crippen molar-refractivity contribution in [2.24, 2.45) is 0 Å². The van der Waals surface area contributed by atoms with Crippen molar-refractivity contribution in [3.05, 3.63) is 35.4 Å². The van der Waals surface area contributed by atoms with Crippen LogP contribution in [0.15, 0.2) is 24.3 Å². The van der Waals surface area contributed by atoms with Crippen molar-refractivity contribution >= 4 is 11.6 Å². The van der Waals surface area contributed by atoms with Crippen LogP contribution in [0.1, 0.15) is 50.7 Å². The number of rotatable bonds is 5. The first kappa shape index (κ1) is 12.6. The molecule has 0 saturated heterocycles. The van der Waals surface area contributed by atoms with E-state index in [1.165, 1.54) is 11.1 Å². The van der Waals surface area contributed by atoms with E-state index in [1.807, 2.05) is 0 Å². The zero-order chi connectivity index (χ0) is 11.3. The summed E-state index contributed by atoms with van der Waals surface area (Å²) in [5.41, 5.74) is 2.81. The van der Waals surface area contributed by atoms with Gasteiger partial charge in [0.2, 0.25) is 0 Å². The second kappa shape index (κ2) is 6.17. The zero-order valence-electron chi connectivity index (χ0n) is 9.96. The van der Waals surface area contributed by atoms with Gasteiger partial charge in [0.25, 0.3) is 0 Å². The Morgan fingerprint density at radius 2 is 1.73 bits per heavy atom. The highest BCUT2D eigenvalue weighted by Gasteiger charge is 2.03. The normalized spacial score (nSPS) is 13.1. The first-order chi connectivity index (χ1) is 7.13. The standard InChI is InChI=1S/C14H21Cl/c1-4-14(15)10-7-12-5-8-13(9-6-12)11(2)3/h5-6,8-9,11,14H,4,7,10H2,1-3H3. The molecule has 0 aliphatic rings. The minimum absolute atomic E-state index is 0.328. The highest BCUT2D eigenvalue weighted by Crippen LogP contribution is 2.17. The molecule has 1 aromatic rings. The second-order valence-electron chi connectivity index (χ2n) is 4.44. The van der Waals surface area contributed by atoms with Crippen LogP contribution in [0.3, 0.4) is 0 Å². The van der Waals surface area contributed by atoms with Crippen LogP contribution in [0.2, 0.25) is 0 Å². The summed E-state index contributed by atoms with van der Waals surface area (Å²) in [4.78, 5) is 0. The quantitative estimate of drug-likeness (QED) is 0.633. The average Bonchev–Trinajstić information content (AvgIpc) is 2.26. The molecule has 15 heavy (non-hydrogen) atoms. The van der Waals surface area contributed by atoms with Crippen LogP contribution >= 0.6 is 11.6 Å². The fourth-order valence-electron chi connectivity index (χ4n) is 1.60. The van der Waals surface area contributed by atoms with E-state index in [1.54, 1.807) is 0 Å². The number of benzene rings is 1. The monoisotopic (exact) mass is 224 g/mol. The summed E-state index contributed by atoms with van der Waals surface area (Å²) >= 11 is 6.10. The van der Waals surface area contributed by atoms with Gasteiger partial charge in [-0.3, -0.25) is 0 Å². The van der Waals surface area contributed by atoms with Crippen molar-refractivity contribution in [3.8, 4) is 0 Å². The van der Waals surface area contributed by atoms with Crippen molar-refractivity contribution in [1.29, 1.82) is 0 Å². The van der Waals surface area contributed by atoms with E-state index in [0.29, 0.717) is 11.3 Å². The molecule has 0 fully saturated rings. The molecule has 1 atom stereocenters. The van der Waals surface area contributed by atoms with Crippen molar-refractivity contribution in [1.82, 2.24) is 0 Å². The number of alkyl halides is 1. The summed E-state index contributed by atoms with van der Waals surface area (Å²) in [6.45, 7) is 6.58. The first-order valence-electron chi connectivity index (χ1n) is 5.86. The van der Waals surface area contributed by atoms with Gasteiger partial charge in [0, 0.05) is 5.38 Å². The summed E-state index contributed by atoms with van der Waals surface area (Å²) in [5, 5.41) is 0.328. The van der Waals surface area contributed by atoms with Gasteiger partial charge in [-0.1, -0.05) is 45.0 Å². The zero-order valence-corrected chi connectivity index (χ0v) is 10.7. The predicted octanol–water partition coefficient (Wildman–Crippen LogP) is 4.76. The van der Waals surface area contributed by atoms with E-state index in [4.69, 9.17) is 11.6 Å². The van der Waals surface area contributed by atoms with Crippen LogP contribution in [0.4, 0.5) is 0 Å². The van der Waals surface area contributed by atoms with Gasteiger partial charge in [-0.25, -0.2) is 0 Å². The minimum Gasteiger partial charge on any atom is -0.123 e. The minimum atomic E-state index is 0.328. The van der Waals surface area contributed by atoms with E-state index in [-0.39, 0.29) is 0 Å². The molecule has 1 aromatic carbocycles. The van der Waals surface area contributed by atoms with Gasteiger partial charge in [-0.05, 0) is 36.3 Å². The third kappa shape index (κ3) is 4.25. The smallest absolute Gasteiger partial charge is 0.0336 e. The number of hydrogen-bond acceptors (Lipinski definition) is 0. The van der Waals surface area contributed by atoms with Crippen molar-refractivity contribution < 1.29 is 0 Å².